The summed E-state index contributed by atoms with van der Waals surface area (Å²) in [4.78, 5) is 70.7. The number of carbonyl (C=O) groups excluding carboxylic acids is 5. The molecule has 3 heterocycles. The number of hydrogen-bond acceptors (Lipinski definition) is 11. The maximum Gasteiger partial charge on any atom is 0.408 e. The largest absolute Gasteiger partial charge is 0.486 e. The molecule has 16 heteroatoms. The molecule has 6 rings (SSSR count). The van der Waals surface area contributed by atoms with E-state index < -0.39 is 85.7 Å². The summed E-state index contributed by atoms with van der Waals surface area (Å²) in [6.07, 6.45) is 4.83. The summed E-state index contributed by atoms with van der Waals surface area (Å²) in [5.74, 6) is -2.73. The maximum atomic E-state index is 14.6. The van der Waals surface area contributed by atoms with E-state index >= 15 is 0 Å². The van der Waals surface area contributed by atoms with Gasteiger partial charge < -0.3 is 34.5 Å². The highest BCUT2D eigenvalue weighted by Crippen LogP contribution is 2.47. The van der Waals surface area contributed by atoms with Crippen molar-refractivity contribution in [2.24, 2.45) is 17.8 Å². The molecule has 7 atom stereocenters. The summed E-state index contributed by atoms with van der Waals surface area (Å²) in [5, 5.41) is 5.58. The van der Waals surface area contributed by atoms with Crippen LogP contribution in [0.4, 0.5) is 4.79 Å². The molecule has 3 N–H and O–H groups in total. The molecule has 2 saturated carbocycles. The van der Waals surface area contributed by atoms with Gasteiger partial charge in [0.05, 0.1) is 16.9 Å². The van der Waals surface area contributed by atoms with Gasteiger partial charge in [-0.15, -0.1) is 0 Å². The Morgan fingerprint density at radius 2 is 1.76 bits per heavy atom. The summed E-state index contributed by atoms with van der Waals surface area (Å²) in [5.41, 5.74) is -2.24. The quantitative estimate of drug-likeness (QED) is 0.278. The van der Waals surface area contributed by atoms with Crippen molar-refractivity contribution in [3.8, 4) is 11.5 Å². The summed E-state index contributed by atoms with van der Waals surface area (Å²) >= 11 is 0. The maximum absolute atomic E-state index is 14.6. The molecule has 3 fully saturated rings. The summed E-state index contributed by atoms with van der Waals surface area (Å²) in [7, 11) is -4.02. The van der Waals surface area contributed by atoms with Crippen molar-refractivity contribution in [2.75, 3.05) is 19.8 Å². The van der Waals surface area contributed by atoms with Gasteiger partial charge in [0.15, 0.2) is 11.5 Å². The van der Waals surface area contributed by atoms with E-state index in [4.69, 9.17) is 18.9 Å². The number of sulfonamides is 1. The second-order valence-electron chi connectivity index (χ2n) is 16.7. The number of nitrogens with one attached hydrogen (secondary N) is 3. The van der Waals surface area contributed by atoms with Crippen molar-refractivity contribution in [1.82, 2.24) is 20.3 Å². The molecule has 0 spiro atoms. The van der Waals surface area contributed by atoms with Gasteiger partial charge in [-0.05, 0) is 96.3 Å². The fourth-order valence-electron chi connectivity index (χ4n) is 7.42. The highest BCUT2D eigenvalue weighted by molar-refractivity contribution is 7.91. The lowest BCUT2D eigenvalue weighted by molar-refractivity contribution is -0.142. The fourth-order valence-corrected chi connectivity index (χ4v) is 8.73. The first-order chi connectivity index (χ1) is 25.3. The van der Waals surface area contributed by atoms with E-state index in [1.54, 1.807) is 33.8 Å². The second-order valence-corrected chi connectivity index (χ2v) is 18.9. The molecular formula is C38H58N4O11S. The van der Waals surface area contributed by atoms with Crippen LogP contribution >= 0.6 is 0 Å². The first-order valence-electron chi connectivity index (χ1n) is 18.8. The number of benzene rings is 1. The minimum atomic E-state index is -4.02. The van der Waals surface area contributed by atoms with Gasteiger partial charge in [0.1, 0.15) is 42.5 Å². The van der Waals surface area contributed by atoms with Crippen molar-refractivity contribution in [3.05, 3.63) is 35.9 Å². The monoisotopic (exact) mass is 778 g/mol. The third kappa shape index (κ3) is 8.47. The van der Waals surface area contributed by atoms with Crippen molar-refractivity contribution in [2.45, 2.75) is 121 Å². The highest BCUT2D eigenvalue weighted by Gasteiger charge is 2.63. The molecule has 0 unspecified atom stereocenters. The molecule has 1 aromatic rings. The van der Waals surface area contributed by atoms with Gasteiger partial charge in [0, 0.05) is 16.6 Å². The Morgan fingerprint density at radius 1 is 1.06 bits per heavy atom. The Labute approximate surface area is 320 Å². The Kier molecular flexibility index (Phi) is 10.7. The van der Waals surface area contributed by atoms with Crippen molar-refractivity contribution < 1.29 is 55.6 Å². The van der Waals surface area contributed by atoms with E-state index in [1.807, 2.05) is 26.0 Å². The van der Waals surface area contributed by atoms with Crippen LogP contribution in [0.25, 0.3) is 0 Å². The second kappa shape index (κ2) is 14.7. The lowest BCUT2D eigenvalue weighted by Gasteiger charge is -2.33. The lowest BCUT2D eigenvalue weighted by Crippen LogP contribution is -2.59. The number of ether oxygens (including phenoxy) is 4. The summed E-state index contributed by atoms with van der Waals surface area (Å²) < 4.78 is 50.0. The van der Waals surface area contributed by atoms with E-state index in [0.29, 0.717) is 50.4 Å². The molecule has 4 amide bonds. The molecule has 15 nitrogen and oxygen atoms in total. The van der Waals surface area contributed by atoms with Crippen LogP contribution in [0.1, 0.15) is 101 Å². The van der Waals surface area contributed by atoms with Crippen LogP contribution in [0.5, 0.6) is 11.5 Å². The zero-order valence-electron chi connectivity index (χ0n) is 31.8. The number of nitrogens with zero attached hydrogens (tertiary/aromatic N) is 1. The van der Waals surface area contributed by atoms with Gasteiger partial charge in [-0.3, -0.25) is 19.1 Å². The molecule has 302 valence electrons. The molecule has 1 saturated heterocycles. The number of alkyl carbamates (subject to hydrolysis) is 1. The number of allylic oxidation sites excluding steroid dienone is 1. The smallest absolute Gasteiger partial charge is 0.408 e. The predicted octanol–water partition coefficient (Wildman–Crippen LogP) is 4.10. The molecular weight excluding hydrogens is 721 g/mol. The molecule has 0 radical (unpaired) electrons. The molecule has 2 aliphatic carbocycles. The van der Waals surface area contributed by atoms with Gasteiger partial charge >= 0.3 is 12.1 Å². The number of rotatable bonds is 6. The van der Waals surface area contributed by atoms with Crippen LogP contribution < -0.4 is 24.8 Å². The first-order valence-corrected chi connectivity index (χ1v) is 20.3. The average Bonchev–Trinajstić information content (AvgIpc) is 3.97. The number of esters is 1. The molecule has 54 heavy (non-hydrogen) atoms. The molecule has 0 aromatic heterocycles. The van der Waals surface area contributed by atoms with Crippen molar-refractivity contribution in [3.63, 3.8) is 0 Å². The van der Waals surface area contributed by atoms with Gasteiger partial charge in [0.2, 0.25) is 21.8 Å². The summed E-state index contributed by atoms with van der Waals surface area (Å²) in [6, 6.07) is 2.29. The van der Waals surface area contributed by atoms with Gasteiger partial charge in [-0.1, -0.05) is 26.0 Å². The lowest BCUT2D eigenvalue weighted by atomic mass is 9.88. The molecule has 0 bridgehead atoms. The van der Waals surface area contributed by atoms with E-state index in [-0.39, 0.29) is 35.1 Å². The number of hydrogen-bond donors (Lipinski definition) is 3. The van der Waals surface area contributed by atoms with Crippen LogP contribution in [-0.4, -0.2) is 96.9 Å². The number of fused-ring (bicyclic) bond motifs is 3. The van der Waals surface area contributed by atoms with Gasteiger partial charge in [-0.25, -0.2) is 18.0 Å². The molecule has 3 aliphatic heterocycles. The zero-order valence-corrected chi connectivity index (χ0v) is 32.6. The third-order valence-electron chi connectivity index (χ3n) is 11.0. The van der Waals surface area contributed by atoms with Gasteiger partial charge in [-0.2, -0.15) is 0 Å². The minimum absolute atomic E-state index is 0. The predicted molar refractivity (Wildman–Crippen MR) is 201 cm³/mol. The summed E-state index contributed by atoms with van der Waals surface area (Å²) in [6.45, 7) is 11.1. The standard InChI is InChI=1S/C38H52N4O11S.3H2/c1-22-9-7-8-10-25-20-38(25,34(46)41-54(48,49)37(6)13-14-37)40-31(43)27-19-26(52-33(45)24-11-12-28-29(18-24)51-16-15-50-28)21-42(27)32(44)30(23(2)17-22)39-35(47)53-36(3,4)5;;;/h8,10-12,18,22-23,25-27,30H,7,9,13-17,19-21H2,1-6H3,(H,39,47)(H,40,43)(H,41,46);3*1H/b10-8-;;;/t22-,23+,25+,26+,27-,30-,38+;;;/m0.../s1. The Bertz CT molecular complexity index is 1840. The van der Waals surface area contributed by atoms with Crippen LogP contribution in [0.15, 0.2) is 30.4 Å². The van der Waals surface area contributed by atoms with Crippen molar-refractivity contribution >= 4 is 39.8 Å². The zero-order chi connectivity index (χ0) is 39.2. The van der Waals surface area contributed by atoms with Crippen molar-refractivity contribution in [1.29, 1.82) is 0 Å². The van der Waals surface area contributed by atoms with Crippen LogP contribution in [-0.2, 0) is 33.9 Å². The Morgan fingerprint density at radius 3 is 2.44 bits per heavy atom. The fraction of sp³-hybridized carbons (Fsp3) is 0.658. The molecule has 1 aromatic carbocycles. The topological polar surface area (TPSA) is 196 Å². The van der Waals surface area contributed by atoms with Crippen LogP contribution in [0.3, 0.4) is 0 Å². The molecule has 5 aliphatic rings. The Balaban J connectivity index is 0.00000290. The SMILES string of the molecule is C[C@H]1CC/C=C\[C@@H]2C[C@@]2(C(=O)NS(=O)(=O)C2(C)CC2)NC(=O)[C@@H]2C[C@@H](OC(=O)c3ccc4c(c3)OCCO4)CN2C(=O)[C@@H](NC(=O)OC(C)(C)C)[C@H](C)C1.[HH].[HH].[HH]. The third-order valence-corrected chi connectivity index (χ3v) is 13.1. The normalized spacial score (nSPS) is 31.3. The van der Waals surface area contributed by atoms with E-state index in [1.165, 1.54) is 17.0 Å². The minimum Gasteiger partial charge on any atom is -0.486 e. The Hall–Kier alpha value is -4.34. The van der Waals surface area contributed by atoms with E-state index in [2.05, 4.69) is 15.4 Å². The number of amides is 4. The number of carbonyl (C=O) groups is 5. The van der Waals surface area contributed by atoms with Crippen LogP contribution in [0.2, 0.25) is 0 Å². The van der Waals surface area contributed by atoms with E-state index in [0.717, 1.165) is 6.42 Å². The van der Waals surface area contributed by atoms with E-state index in [9.17, 15) is 32.4 Å². The van der Waals surface area contributed by atoms with Gasteiger partial charge in [0.25, 0.3) is 5.91 Å². The first kappa shape index (κ1) is 39.4. The average molecular weight is 779 g/mol. The van der Waals surface area contributed by atoms with Crippen LogP contribution in [0, 0.1) is 17.8 Å². The highest BCUT2D eigenvalue weighted by atomic mass is 32.2.